The fourth-order valence-electron chi connectivity index (χ4n) is 4.42. The zero-order valence-electron chi connectivity index (χ0n) is 29.8. The molecule has 0 aromatic carbocycles. The van der Waals surface area contributed by atoms with Crippen molar-refractivity contribution in [1.82, 2.24) is 5.32 Å². The molecule has 0 spiro atoms. The van der Waals surface area contributed by atoms with Gasteiger partial charge in [-0.2, -0.15) is 0 Å². The maximum atomic E-state index is 12.7. The first-order valence-electron chi connectivity index (χ1n) is 17.7. The number of aliphatic hydroxyl groups is 1. The van der Waals surface area contributed by atoms with Gasteiger partial charge in [0.15, 0.2) is 0 Å². The lowest BCUT2D eigenvalue weighted by Crippen LogP contribution is -2.46. The molecule has 0 aromatic heterocycles. The number of quaternary nitrogens is 1. The first-order chi connectivity index (χ1) is 22.0. The smallest absolute Gasteiger partial charge is 0.391 e. The molecule has 1 amide bonds. The summed E-state index contributed by atoms with van der Waals surface area (Å²) in [5, 5.41) is 13.6. The normalized spacial score (nSPS) is 15.5. The number of hydrogen-bond donors (Lipinski definition) is 3. The molecule has 0 fully saturated rings. The molecule has 0 aromatic rings. The van der Waals surface area contributed by atoms with E-state index in [1.165, 1.54) is 0 Å². The Morgan fingerprint density at radius 1 is 0.761 bits per heavy atom. The second kappa shape index (κ2) is 29.3. The number of phosphoric acid groups is 1. The van der Waals surface area contributed by atoms with Crippen molar-refractivity contribution in [3.05, 3.63) is 60.8 Å². The molecule has 9 heteroatoms. The van der Waals surface area contributed by atoms with Gasteiger partial charge in [0.2, 0.25) is 5.91 Å². The number of rotatable bonds is 30. The maximum Gasteiger partial charge on any atom is 0.472 e. The molecule has 8 nitrogen and oxygen atoms in total. The molecular weight excluding hydrogens is 599 g/mol. The summed E-state index contributed by atoms with van der Waals surface area (Å²) in [5.41, 5.74) is 0. The third-order valence-electron chi connectivity index (χ3n) is 7.28. The third kappa shape index (κ3) is 30.8. The summed E-state index contributed by atoms with van der Waals surface area (Å²) in [6.07, 6.45) is 35.7. The zero-order valence-corrected chi connectivity index (χ0v) is 30.7. The van der Waals surface area contributed by atoms with E-state index in [2.05, 4.69) is 79.9 Å². The molecule has 3 atom stereocenters. The fourth-order valence-corrected chi connectivity index (χ4v) is 5.16. The van der Waals surface area contributed by atoms with E-state index in [1.807, 2.05) is 21.1 Å². The summed E-state index contributed by atoms with van der Waals surface area (Å²) in [7, 11) is 1.57. The van der Waals surface area contributed by atoms with Crippen molar-refractivity contribution in [2.75, 3.05) is 40.9 Å². The van der Waals surface area contributed by atoms with Crippen LogP contribution >= 0.6 is 7.82 Å². The van der Waals surface area contributed by atoms with Crippen molar-refractivity contribution in [2.24, 2.45) is 0 Å². The number of unbranched alkanes of at least 4 members (excludes halogenated alkanes) is 7. The Kier molecular flexibility index (Phi) is 28.2. The summed E-state index contributed by atoms with van der Waals surface area (Å²) in [6, 6.07) is -0.776. The highest BCUT2D eigenvalue weighted by Gasteiger charge is 2.28. The quantitative estimate of drug-likeness (QED) is 0.0306. The number of nitrogens with zero attached hydrogens (tertiary/aromatic N) is 1. The fraction of sp³-hybridized carbons (Fsp3) is 0.703. The predicted molar refractivity (Wildman–Crippen MR) is 193 cm³/mol. The Hall–Kier alpha value is -1.80. The highest BCUT2D eigenvalue weighted by atomic mass is 31.2. The molecule has 0 rings (SSSR count). The van der Waals surface area contributed by atoms with Crippen LogP contribution in [-0.4, -0.2) is 73.4 Å². The molecule has 46 heavy (non-hydrogen) atoms. The Balaban J connectivity index is 4.38. The highest BCUT2D eigenvalue weighted by Crippen LogP contribution is 2.43. The Morgan fingerprint density at radius 2 is 1.30 bits per heavy atom. The lowest BCUT2D eigenvalue weighted by atomic mass is 10.0. The Labute approximate surface area is 281 Å². The summed E-state index contributed by atoms with van der Waals surface area (Å²) in [5.74, 6) is -0.188. The van der Waals surface area contributed by atoms with Crippen LogP contribution in [0, 0.1) is 0 Å². The first kappa shape index (κ1) is 44.2. The molecule has 3 N–H and O–H groups in total. The van der Waals surface area contributed by atoms with E-state index in [0.717, 1.165) is 89.9 Å². The number of hydrogen-bond acceptors (Lipinski definition) is 5. The van der Waals surface area contributed by atoms with Gasteiger partial charge in [-0.1, -0.05) is 113 Å². The van der Waals surface area contributed by atoms with Crippen LogP contribution in [-0.2, 0) is 18.4 Å². The lowest BCUT2D eigenvalue weighted by Gasteiger charge is -2.26. The molecule has 0 aliphatic rings. The summed E-state index contributed by atoms with van der Waals surface area (Å²) in [6.45, 7) is 4.61. The summed E-state index contributed by atoms with van der Waals surface area (Å²) in [4.78, 5) is 22.8. The van der Waals surface area contributed by atoms with Gasteiger partial charge < -0.3 is 19.8 Å². The standard InChI is InChI=1S/C37H67N2O6P/c1-6-8-10-12-13-14-15-16-17-18-19-20-21-22-23-24-25-27-29-31-37(41)38-35(36(40)30-28-26-11-9-7-2)34-45-46(42,43)44-33-32-39(3,4)5/h8,10,13-14,16-17,19-20,22-23,35-36,40H,6-7,9,11-12,15,18,21,24-34H2,1-5H3,(H-,38,41,42,43)/p+1/b10-8-,14-13-,17-16-,20-19-,23-22-. The van der Waals surface area contributed by atoms with Gasteiger partial charge in [0, 0.05) is 6.42 Å². The molecule has 0 radical (unpaired) electrons. The minimum Gasteiger partial charge on any atom is -0.391 e. The van der Waals surface area contributed by atoms with Gasteiger partial charge >= 0.3 is 7.82 Å². The minimum atomic E-state index is -4.30. The van der Waals surface area contributed by atoms with E-state index in [1.54, 1.807) is 0 Å². The molecule has 3 unspecified atom stereocenters. The van der Waals surface area contributed by atoms with Crippen LogP contribution in [0.5, 0.6) is 0 Å². The van der Waals surface area contributed by atoms with Crippen LogP contribution in [0.25, 0.3) is 0 Å². The number of amides is 1. The Morgan fingerprint density at radius 3 is 1.87 bits per heavy atom. The number of aliphatic hydroxyl groups excluding tert-OH is 1. The van der Waals surface area contributed by atoms with E-state index < -0.39 is 20.0 Å². The van der Waals surface area contributed by atoms with Crippen LogP contribution in [0.3, 0.4) is 0 Å². The SMILES string of the molecule is CC/C=C\C/C=C\C/C=C\C/C=C\C/C=C\CCCCCC(=O)NC(COP(=O)(O)OCC[N+](C)(C)C)C(O)CCCCCCC. The van der Waals surface area contributed by atoms with Crippen LogP contribution in [0.4, 0.5) is 0 Å². The van der Waals surface area contributed by atoms with Gasteiger partial charge in [-0.15, -0.1) is 0 Å². The first-order valence-corrected chi connectivity index (χ1v) is 19.1. The number of carbonyl (C=O) groups is 1. The van der Waals surface area contributed by atoms with Crippen LogP contribution in [0.1, 0.15) is 117 Å². The average Bonchev–Trinajstić information content (AvgIpc) is 2.99. The third-order valence-corrected chi connectivity index (χ3v) is 8.26. The molecule has 0 saturated carbocycles. The predicted octanol–water partition coefficient (Wildman–Crippen LogP) is 8.73. The number of phosphoric ester groups is 1. The van der Waals surface area contributed by atoms with Crippen molar-refractivity contribution in [3.8, 4) is 0 Å². The van der Waals surface area contributed by atoms with Crippen molar-refractivity contribution in [3.63, 3.8) is 0 Å². The number of nitrogens with one attached hydrogen (secondary N) is 1. The van der Waals surface area contributed by atoms with Crippen LogP contribution < -0.4 is 5.32 Å². The molecule has 0 aliphatic carbocycles. The van der Waals surface area contributed by atoms with Gasteiger partial charge in [0.25, 0.3) is 0 Å². The number of carbonyl (C=O) groups excluding carboxylic acids is 1. The van der Waals surface area contributed by atoms with E-state index in [-0.39, 0.29) is 19.1 Å². The minimum absolute atomic E-state index is 0.0634. The van der Waals surface area contributed by atoms with E-state index in [9.17, 15) is 19.4 Å². The molecule has 0 aliphatic heterocycles. The van der Waals surface area contributed by atoms with Crippen molar-refractivity contribution in [2.45, 2.75) is 129 Å². The van der Waals surface area contributed by atoms with Crippen molar-refractivity contribution < 1.29 is 32.9 Å². The van der Waals surface area contributed by atoms with E-state index in [4.69, 9.17) is 9.05 Å². The highest BCUT2D eigenvalue weighted by molar-refractivity contribution is 7.47. The average molecular weight is 668 g/mol. The van der Waals surface area contributed by atoms with Crippen molar-refractivity contribution >= 4 is 13.7 Å². The topological polar surface area (TPSA) is 105 Å². The van der Waals surface area contributed by atoms with Gasteiger partial charge in [-0.05, 0) is 57.8 Å². The van der Waals surface area contributed by atoms with Crippen LogP contribution in [0.15, 0.2) is 60.8 Å². The second-order valence-electron chi connectivity index (χ2n) is 12.9. The van der Waals surface area contributed by atoms with E-state index >= 15 is 0 Å². The van der Waals surface area contributed by atoms with Gasteiger partial charge in [0.05, 0.1) is 39.9 Å². The number of likely N-dealkylation sites (N-methyl/N-ethyl adjacent to an activating group) is 1. The van der Waals surface area contributed by atoms with Gasteiger partial charge in [-0.25, -0.2) is 4.57 Å². The Bertz CT molecular complexity index is 939. The molecule has 266 valence electrons. The molecular formula is C37H68N2O6P+. The summed E-state index contributed by atoms with van der Waals surface area (Å²) < 4.78 is 23.3. The zero-order chi connectivity index (χ0) is 34.4. The number of allylic oxidation sites excluding steroid dienone is 10. The monoisotopic (exact) mass is 667 g/mol. The second-order valence-corrected chi connectivity index (χ2v) is 14.3. The summed E-state index contributed by atoms with van der Waals surface area (Å²) >= 11 is 0. The van der Waals surface area contributed by atoms with Crippen molar-refractivity contribution in [1.29, 1.82) is 0 Å². The van der Waals surface area contributed by atoms with Crippen LogP contribution in [0.2, 0.25) is 0 Å². The maximum absolute atomic E-state index is 12.7. The lowest BCUT2D eigenvalue weighted by molar-refractivity contribution is -0.870. The largest absolute Gasteiger partial charge is 0.472 e. The van der Waals surface area contributed by atoms with Gasteiger partial charge in [0.1, 0.15) is 13.2 Å². The van der Waals surface area contributed by atoms with Gasteiger partial charge in [-0.3, -0.25) is 13.8 Å². The van der Waals surface area contributed by atoms with E-state index in [0.29, 0.717) is 23.9 Å². The molecule has 0 heterocycles. The molecule has 0 bridgehead atoms. The molecule has 0 saturated heterocycles.